The summed E-state index contributed by atoms with van der Waals surface area (Å²) in [5.74, 6) is -0.219. The second-order valence-corrected chi connectivity index (χ2v) is 10.1. The van der Waals surface area contributed by atoms with Crippen LogP contribution in [0.25, 0.3) is 44.5 Å². The molecule has 0 saturated carbocycles. The Balaban J connectivity index is 1.64. The first kappa shape index (κ1) is 26.7. The quantitative estimate of drug-likeness (QED) is 0.198. The topological polar surface area (TPSA) is 97.4 Å². The SMILES string of the molecule is CNC(=O)c1c(-c2ccc(F)cc2)oc2ccc(-c3ccc(-c4cccc(N)c4)c(C(=O)NCC(C)C)c3)cc12. The smallest absolute Gasteiger partial charge is 0.255 e. The molecule has 1 heterocycles. The lowest BCUT2D eigenvalue weighted by atomic mass is 9.93. The van der Waals surface area contributed by atoms with Crippen molar-refractivity contribution < 1.29 is 18.4 Å². The van der Waals surface area contributed by atoms with Crippen molar-refractivity contribution in [2.24, 2.45) is 5.92 Å². The number of anilines is 1. The third kappa shape index (κ3) is 5.31. The van der Waals surface area contributed by atoms with E-state index in [0.29, 0.717) is 51.6 Å². The molecule has 0 atom stereocenters. The number of hydrogen-bond acceptors (Lipinski definition) is 4. The Morgan fingerprint density at radius 1 is 0.850 bits per heavy atom. The van der Waals surface area contributed by atoms with Gasteiger partial charge in [-0.15, -0.1) is 0 Å². The van der Waals surface area contributed by atoms with Crippen molar-refractivity contribution in [3.05, 3.63) is 102 Å². The fourth-order valence-electron chi connectivity index (χ4n) is 4.69. The van der Waals surface area contributed by atoms with Crippen molar-refractivity contribution in [2.45, 2.75) is 13.8 Å². The molecule has 0 spiro atoms. The first-order chi connectivity index (χ1) is 19.2. The zero-order chi connectivity index (χ0) is 28.4. The standard InChI is InChI=1S/C33H30FN3O3/c1-19(2)18-37-32(38)27-16-21(9-13-26(27)23-5-4-6-25(35)15-23)22-10-14-29-28(17-22)30(33(39)36-3)31(40-29)20-7-11-24(34)12-8-20/h4-17,19H,18,35H2,1-3H3,(H,36,39)(H,37,38). The van der Waals surface area contributed by atoms with Gasteiger partial charge in [-0.25, -0.2) is 4.39 Å². The van der Waals surface area contributed by atoms with Gasteiger partial charge in [0.25, 0.3) is 11.8 Å². The number of carbonyl (C=O) groups excluding carboxylic acids is 2. The number of benzene rings is 4. The summed E-state index contributed by atoms with van der Waals surface area (Å²) in [6.07, 6.45) is 0. The highest BCUT2D eigenvalue weighted by atomic mass is 19.1. The molecule has 0 aliphatic rings. The maximum absolute atomic E-state index is 13.6. The van der Waals surface area contributed by atoms with Gasteiger partial charge in [0.05, 0.1) is 5.56 Å². The summed E-state index contributed by atoms with van der Waals surface area (Å²) >= 11 is 0. The molecule has 40 heavy (non-hydrogen) atoms. The number of nitrogen functional groups attached to an aromatic ring is 1. The maximum Gasteiger partial charge on any atom is 0.255 e. The zero-order valence-corrected chi connectivity index (χ0v) is 22.5. The van der Waals surface area contributed by atoms with Crippen LogP contribution in [0, 0.1) is 11.7 Å². The Morgan fingerprint density at radius 3 is 2.25 bits per heavy atom. The second-order valence-electron chi connectivity index (χ2n) is 10.1. The van der Waals surface area contributed by atoms with Crippen LogP contribution in [0.15, 0.2) is 89.3 Å². The summed E-state index contributed by atoms with van der Waals surface area (Å²) in [6.45, 7) is 4.63. The van der Waals surface area contributed by atoms with Crippen LogP contribution < -0.4 is 16.4 Å². The maximum atomic E-state index is 13.6. The summed E-state index contributed by atoms with van der Waals surface area (Å²) < 4.78 is 19.6. The summed E-state index contributed by atoms with van der Waals surface area (Å²) in [5, 5.41) is 6.32. The van der Waals surface area contributed by atoms with E-state index in [9.17, 15) is 14.0 Å². The van der Waals surface area contributed by atoms with Crippen molar-refractivity contribution in [2.75, 3.05) is 19.3 Å². The number of nitrogens with one attached hydrogen (secondary N) is 2. The highest BCUT2D eigenvalue weighted by Gasteiger charge is 2.22. The van der Waals surface area contributed by atoms with Crippen LogP contribution in [0.3, 0.4) is 0 Å². The van der Waals surface area contributed by atoms with Gasteiger partial charge in [0.15, 0.2) is 0 Å². The Labute approximate surface area is 232 Å². The van der Waals surface area contributed by atoms with E-state index in [2.05, 4.69) is 10.6 Å². The minimum atomic E-state index is -0.376. The fourth-order valence-corrected chi connectivity index (χ4v) is 4.69. The van der Waals surface area contributed by atoms with Gasteiger partial charge in [-0.3, -0.25) is 9.59 Å². The lowest BCUT2D eigenvalue weighted by Crippen LogP contribution is -2.27. The largest absolute Gasteiger partial charge is 0.455 e. The van der Waals surface area contributed by atoms with Gasteiger partial charge in [-0.2, -0.15) is 0 Å². The molecule has 0 bridgehead atoms. The van der Waals surface area contributed by atoms with Crippen molar-refractivity contribution in [3.8, 4) is 33.6 Å². The number of fused-ring (bicyclic) bond motifs is 1. The normalized spacial score (nSPS) is 11.1. The van der Waals surface area contributed by atoms with Crippen molar-refractivity contribution in [1.29, 1.82) is 0 Å². The molecule has 2 amide bonds. The highest BCUT2D eigenvalue weighted by Crippen LogP contribution is 2.37. The van der Waals surface area contributed by atoms with E-state index in [4.69, 9.17) is 10.2 Å². The van der Waals surface area contributed by atoms with E-state index >= 15 is 0 Å². The summed E-state index contributed by atoms with van der Waals surface area (Å²) in [4.78, 5) is 26.3. The van der Waals surface area contributed by atoms with Crippen molar-refractivity contribution in [1.82, 2.24) is 10.6 Å². The lowest BCUT2D eigenvalue weighted by Gasteiger charge is -2.14. The molecule has 0 aliphatic heterocycles. The van der Waals surface area contributed by atoms with E-state index in [0.717, 1.165) is 22.3 Å². The Morgan fingerprint density at radius 2 is 1.55 bits per heavy atom. The van der Waals surface area contributed by atoms with Gasteiger partial charge >= 0.3 is 0 Å². The highest BCUT2D eigenvalue weighted by molar-refractivity contribution is 6.12. The molecule has 4 N–H and O–H groups in total. The van der Waals surface area contributed by atoms with E-state index in [1.807, 2.05) is 62.4 Å². The predicted molar refractivity (Wildman–Crippen MR) is 157 cm³/mol. The third-order valence-corrected chi connectivity index (χ3v) is 6.71. The molecule has 0 fully saturated rings. The first-order valence-electron chi connectivity index (χ1n) is 13.1. The van der Waals surface area contributed by atoms with Crippen LogP contribution in [-0.2, 0) is 0 Å². The minimum absolute atomic E-state index is 0.179. The molecular weight excluding hydrogens is 505 g/mol. The zero-order valence-electron chi connectivity index (χ0n) is 22.5. The third-order valence-electron chi connectivity index (χ3n) is 6.71. The number of halogens is 1. The van der Waals surface area contributed by atoms with Crippen LogP contribution >= 0.6 is 0 Å². The molecule has 6 nitrogen and oxygen atoms in total. The fraction of sp³-hybridized carbons (Fsp3) is 0.152. The van der Waals surface area contributed by atoms with E-state index in [1.165, 1.54) is 12.1 Å². The van der Waals surface area contributed by atoms with Gasteiger partial charge in [-0.05, 0) is 82.8 Å². The molecule has 0 aliphatic carbocycles. The average molecular weight is 536 g/mol. The van der Waals surface area contributed by atoms with Crippen LogP contribution in [0.2, 0.25) is 0 Å². The number of hydrogen-bond donors (Lipinski definition) is 3. The van der Waals surface area contributed by atoms with E-state index in [-0.39, 0.29) is 17.6 Å². The average Bonchev–Trinajstić information content (AvgIpc) is 3.34. The summed E-state index contributed by atoms with van der Waals surface area (Å²) in [7, 11) is 1.55. The van der Waals surface area contributed by atoms with Gasteiger partial charge in [0, 0.05) is 35.8 Å². The molecule has 5 rings (SSSR count). The van der Waals surface area contributed by atoms with Crippen LogP contribution in [0.5, 0.6) is 0 Å². The van der Waals surface area contributed by atoms with Gasteiger partial charge < -0.3 is 20.8 Å². The van der Waals surface area contributed by atoms with Gasteiger partial charge in [-0.1, -0.05) is 44.2 Å². The first-order valence-corrected chi connectivity index (χ1v) is 13.1. The number of furan rings is 1. The van der Waals surface area contributed by atoms with Crippen LogP contribution in [0.4, 0.5) is 10.1 Å². The van der Waals surface area contributed by atoms with Crippen LogP contribution in [-0.4, -0.2) is 25.4 Å². The molecule has 202 valence electrons. The lowest BCUT2D eigenvalue weighted by molar-refractivity contribution is 0.0946. The summed E-state index contributed by atoms with van der Waals surface area (Å²) in [6, 6.07) is 24.5. The van der Waals surface area contributed by atoms with Crippen molar-refractivity contribution in [3.63, 3.8) is 0 Å². The molecular formula is C33H30FN3O3. The number of amides is 2. The molecule has 0 unspecified atom stereocenters. The Hall–Kier alpha value is -4.91. The van der Waals surface area contributed by atoms with Crippen molar-refractivity contribution >= 4 is 28.5 Å². The van der Waals surface area contributed by atoms with E-state index < -0.39 is 0 Å². The number of rotatable bonds is 7. The molecule has 0 radical (unpaired) electrons. The summed E-state index contributed by atoms with van der Waals surface area (Å²) in [5.41, 5.74) is 11.9. The second kappa shape index (κ2) is 11.1. The molecule has 5 aromatic rings. The molecule has 1 aromatic heterocycles. The molecule has 0 saturated heterocycles. The van der Waals surface area contributed by atoms with E-state index in [1.54, 1.807) is 31.3 Å². The van der Waals surface area contributed by atoms with Crippen LogP contribution in [0.1, 0.15) is 34.6 Å². The number of carbonyl (C=O) groups is 2. The molecule has 4 aromatic carbocycles. The monoisotopic (exact) mass is 535 g/mol. The Kier molecular flexibility index (Phi) is 7.38. The Bertz CT molecular complexity index is 1720. The minimum Gasteiger partial charge on any atom is -0.455 e. The predicted octanol–water partition coefficient (Wildman–Crippen LogP) is 6.90. The number of nitrogens with two attached hydrogens (primary N) is 1. The van der Waals surface area contributed by atoms with Gasteiger partial charge in [0.1, 0.15) is 17.2 Å². The molecule has 7 heteroatoms. The van der Waals surface area contributed by atoms with Gasteiger partial charge in [0.2, 0.25) is 0 Å².